The first-order chi connectivity index (χ1) is 13.4. The van der Waals surface area contributed by atoms with Gasteiger partial charge in [-0.2, -0.15) is 9.57 Å². The molecule has 1 aromatic carbocycles. The van der Waals surface area contributed by atoms with E-state index in [-0.39, 0.29) is 10.3 Å². The summed E-state index contributed by atoms with van der Waals surface area (Å²) in [5.74, 6) is 1.89. The number of hydrogen-bond acceptors (Lipinski definition) is 5. The molecule has 1 atom stereocenters. The standard InChI is InChI=1S/C21H25N3O3S/c1-17-3-6-19(27-17)14-23-11-2-9-21(15-23)10-12-24(16-21)28(25,26)20-7-4-18(13-22)5-8-20/h3-8H,2,9-12,14-16H2,1H3. The number of benzene rings is 1. The average molecular weight is 400 g/mol. The highest BCUT2D eigenvalue weighted by atomic mass is 32.2. The second kappa shape index (κ2) is 7.36. The highest BCUT2D eigenvalue weighted by Crippen LogP contribution is 2.41. The molecule has 2 aliphatic rings. The van der Waals surface area contributed by atoms with E-state index in [0.29, 0.717) is 18.7 Å². The predicted octanol–water partition coefficient (Wildman–Crippen LogP) is 3.14. The molecule has 0 saturated carbocycles. The Morgan fingerprint density at radius 2 is 1.89 bits per heavy atom. The van der Waals surface area contributed by atoms with Gasteiger partial charge in [-0.05, 0) is 74.5 Å². The molecule has 0 aliphatic carbocycles. The van der Waals surface area contributed by atoms with Gasteiger partial charge in [-0.25, -0.2) is 8.42 Å². The SMILES string of the molecule is Cc1ccc(CN2CCCC3(CCN(S(=O)(=O)c4ccc(C#N)cc4)C3)C2)o1. The molecule has 0 N–H and O–H groups in total. The summed E-state index contributed by atoms with van der Waals surface area (Å²) in [6, 6.07) is 12.2. The molecular weight excluding hydrogens is 374 g/mol. The largest absolute Gasteiger partial charge is 0.465 e. The number of hydrogen-bond donors (Lipinski definition) is 0. The Balaban J connectivity index is 1.46. The topological polar surface area (TPSA) is 77.5 Å². The number of likely N-dealkylation sites (tertiary alicyclic amines) is 1. The smallest absolute Gasteiger partial charge is 0.243 e. The summed E-state index contributed by atoms with van der Waals surface area (Å²) in [5, 5.41) is 8.92. The Morgan fingerprint density at radius 3 is 2.57 bits per heavy atom. The molecule has 2 saturated heterocycles. The third kappa shape index (κ3) is 3.72. The van der Waals surface area contributed by atoms with Crippen LogP contribution in [0.5, 0.6) is 0 Å². The van der Waals surface area contributed by atoms with Crippen LogP contribution in [0.15, 0.2) is 45.7 Å². The van der Waals surface area contributed by atoms with Crippen molar-refractivity contribution < 1.29 is 12.8 Å². The van der Waals surface area contributed by atoms with Gasteiger partial charge in [0.25, 0.3) is 0 Å². The van der Waals surface area contributed by atoms with Crippen molar-refractivity contribution in [2.75, 3.05) is 26.2 Å². The minimum Gasteiger partial charge on any atom is -0.465 e. The summed E-state index contributed by atoms with van der Waals surface area (Å²) < 4.78 is 33.4. The van der Waals surface area contributed by atoms with Gasteiger partial charge >= 0.3 is 0 Å². The van der Waals surface area contributed by atoms with E-state index in [0.717, 1.165) is 50.4 Å². The summed E-state index contributed by atoms with van der Waals surface area (Å²) in [6.45, 7) is 5.75. The van der Waals surface area contributed by atoms with Crippen molar-refractivity contribution in [1.29, 1.82) is 5.26 Å². The summed E-state index contributed by atoms with van der Waals surface area (Å²) in [6.07, 6.45) is 3.01. The van der Waals surface area contributed by atoms with Crippen LogP contribution in [0.4, 0.5) is 0 Å². The van der Waals surface area contributed by atoms with Gasteiger partial charge in [0.2, 0.25) is 10.0 Å². The fraction of sp³-hybridized carbons (Fsp3) is 0.476. The van der Waals surface area contributed by atoms with E-state index in [9.17, 15) is 8.42 Å². The number of nitrogens with zero attached hydrogens (tertiary/aromatic N) is 3. The zero-order valence-electron chi connectivity index (χ0n) is 16.1. The van der Waals surface area contributed by atoms with E-state index in [2.05, 4.69) is 4.90 Å². The van der Waals surface area contributed by atoms with Crippen LogP contribution in [-0.4, -0.2) is 43.8 Å². The van der Waals surface area contributed by atoms with Gasteiger partial charge in [0.15, 0.2) is 0 Å². The first kappa shape index (κ1) is 19.2. The normalized spacial score (nSPS) is 23.9. The Kier molecular flexibility index (Phi) is 5.04. The van der Waals surface area contributed by atoms with Gasteiger partial charge in [0, 0.05) is 19.6 Å². The summed E-state index contributed by atoms with van der Waals surface area (Å²) in [7, 11) is -3.53. The molecular formula is C21H25N3O3S. The summed E-state index contributed by atoms with van der Waals surface area (Å²) >= 11 is 0. The van der Waals surface area contributed by atoms with E-state index in [1.807, 2.05) is 25.1 Å². The van der Waals surface area contributed by atoms with Crippen molar-refractivity contribution in [2.24, 2.45) is 5.41 Å². The van der Waals surface area contributed by atoms with Gasteiger partial charge in [0.05, 0.1) is 23.1 Å². The number of nitriles is 1. The number of furan rings is 1. The highest BCUT2D eigenvalue weighted by Gasteiger charge is 2.45. The number of aryl methyl sites for hydroxylation is 1. The lowest BCUT2D eigenvalue weighted by atomic mass is 9.79. The molecule has 1 unspecified atom stereocenters. The van der Waals surface area contributed by atoms with E-state index >= 15 is 0 Å². The van der Waals surface area contributed by atoms with Crippen LogP contribution in [0.25, 0.3) is 0 Å². The van der Waals surface area contributed by atoms with Crippen LogP contribution in [0.3, 0.4) is 0 Å². The Labute approximate surface area is 166 Å². The third-order valence-electron chi connectivity index (χ3n) is 5.94. The van der Waals surface area contributed by atoms with Crippen molar-refractivity contribution in [3.8, 4) is 6.07 Å². The first-order valence-electron chi connectivity index (χ1n) is 9.68. The fourth-order valence-electron chi connectivity index (χ4n) is 4.52. The Bertz CT molecular complexity index is 991. The fourth-order valence-corrected chi connectivity index (χ4v) is 6.07. The molecule has 0 bridgehead atoms. The highest BCUT2D eigenvalue weighted by molar-refractivity contribution is 7.89. The average Bonchev–Trinajstić information content (AvgIpc) is 3.28. The van der Waals surface area contributed by atoms with Crippen LogP contribution < -0.4 is 0 Å². The summed E-state index contributed by atoms with van der Waals surface area (Å²) in [5.41, 5.74) is 0.479. The maximum absolute atomic E-state index is 13.0. The molecule has 1 spiro atoms. The Morgan fingerprint density at radius 1 is 1.11 bits per heavy atom. The number of rotatable bonds is 4. The molecule has 2 aromatic rings. The van der Waals surface area contributed by atoms with Crippen LogP contribution >= 0.6 is 0 Å². The molecule has 4 rings (SSSR count). The van der Waals surface area contributed by atoms with Crippen molar-refractivity contribution in [2.45, 2.75) is 37.6 Å². The lowest BCUT2D eigenvalue weighted by molar-refractivity contribution is 0.0877. The molecule has 1 aromatic heterocycles. The minimum atomic E-state index is -3.53. The van der Waals surface area contributed by atoms with Gasteiger partial charge in [-0.1, -0.05) is 0 Å². The van der Waals surface area contributed by atoms with Crippen molar-refractivity contribution in [3.63, 3.8) is 0 Å². The molecule has 2 aliphatic heterocycles. The van der Waals surface area contributed by atoms with Gasteiger partial charge in [0.1, 0.15) is 11.5 Å². The zero-order chi connectivity index (χ0) is 19.8. The molecule has 7 heteroatoms. The van der Waals surface area contributed by atoms with Crippen LogP contribution in [0.2, 0.25) is 0 Å². The number of piperidine rings is 1. The van der Waals surface area contributed by atoms with E-state index < -0.39 is 10.0 Å². The second-order valence-corrected chi connectivity index (χ2v) is 9.99. The van der Waals surface area contributed by atoms with E-state index in [4.69, 9.17) is 9.68 Å². The predicted molar refractivity (Wildman–Crippen MR) is 105 cm³/mol. The molecule has 2 fully saturated rings. The van der Waals surface area contributed by atoms with E-state index in [1.54, 1.807) is 16.4 Å². The molecule has 0 amide bonds. The maximum Gasteiger partial charge on any atom is 0.243 e. The summed E-state index contributed by atoms with van der Waals surface area (Å²) in [4.78, 5) is 2.65. The van der Waals surface area contributed by atoms with E-state index in [1.165, 1.54) is 12.1 Å². The monoisotopic (exact) mass is 399 g/mol. The second-order valence-electron chi connectivity index (χ2n) is 8.05. The zero-order valence-corrected chi connectivity index (χ0v) is 16.9. The molecule has 0 radical (unpaired) electrons. The van der Waals surface area contributed by atoms with Crippen molar-refractivity contribution in [1.82, 2.24) is 9.21 Å². The van der Waals surface area contributed by atoms with Crippen molar-refractivity contribution >= 4 is 10.0 Å². The quantitative estimate of drug-likeness (QED) is 0.789. The third-order valence-corrected chi connectivity index (χ3v) is 7.80. The first-order valence-corrected chi connectivity index (χ1v) is 11.1. The molecule has 148 valence electrons. The molecule has 3 heterocycles. The Hall–Kier alpha value is -2.14. The maximum atomic E-state index is 13.0. The van der Waals surface area contributed by atoms with Gasteiger partial charge in [-0.15, -0.1) is 0 Å². The van der Waals surface area contributed by atoms with Crippen LogP contribution in [0.1, 0.15) is 36.3 Å². The van der Waals surface area contributed by atoms with Crippen LogP contribution in [-0.2, 0) is 16.6 Å². The lowest BCUT2D eigenvalue weighted by Gasteiger charge is -2.40. The van der Waals surface area contributed by atoms with Gasteiger partial charge < -0.3 is 4.42 Å². The molecule has 28 heavy (non-hydrogen) atoms. The van der Waals surface area contributed by atoms with Crippen molar-refractivity contribution in [3.05, 3.63) is 53.5 Å². The number of sulfonamides is 1. The molecule has 6 nitrogen and oxygen atoms in total. The van der Waals surface area contributed by atoms with Gasteiger partial charge in [-0.3, -0.25) is 4.90 Å². The minimum absolute atomic E-state index is 0.0134. The lowest BCUT2D eigenvalue weighted by Crippen LogP contribution is -2.44. The van der Waals surface area contributed by atoms with Crippen LogP contribution in [0, 0.1) is 23.7 Å².